The average molecular weight is 471 g/mol. The summed E-state index contributed by atoms with van der Waals surface area (Å²) in [6, 6.07) is 3.95. The summed E-state index contributed by atoms with van der Waals surface area (Å²) in [6.07, 6.45) is 1.57. The molecule has 8 heteroatoms. The van der Waals surface area contributed by atoms with Crippen LogP contribution in [0.1, 0.15) is 10.6 Å². The zero-order valence-corrected chi connectivity index (χ0v) is 15.9. The Kier molecular flexibility index (Phi) is 7.52. The second-order valence-corrected chi connectivity index (χ2v) is 5.89. The highest BCUT2D eigenvalue weighted by atomic mass is 127. The first-order valence-electron chi connectivity index (χ1n) is 5.73. The minimum Gasteiger partial charge on any atom is -0.364 e. The van der Waals surface area contributed by atoms with Crippen LogP contribution < -0.4 is 5.32 Å². The van der Waals surface area contributed by atoms with Gasteiger partial charge in [0, 0.05) is 34.9 Å². The van der Waals surface area contributed by atoms with Gasteiger partial charge in [0.05, 0.1) is 13.1 Å². The molecule has 2 rings (SSSR count). The molecule has 5 nitrogen and oxygen atoms in total. The van der Waals surface area contributed by atoms with Crippen LogP contribution in [0.25, 0.3) is 0 Å². The molecule has 0 aliphatic carbocycles. The zero-order valence-electron chi connectivity index (χ0n) is 11.2. The van der Waals surface area contributed by atoms with Gasteiger partial charge in [0.2, 0.25) is 0 Å². The SMILES string of the molecule is CN=C(NCc1cc(Br)cs1)N(C)Cc1ccon1.I. The second kappa shape index (κ2) is 8.63. The third-order valence-corrected chi connectivity index (χ3v) is 4.20. The molecule has 0 bridgehead atoms. The topological polar surface area (TPSA) is 53.7 Å². The van der Waals surface area contributed by atoms with E-state index in [-0.39, 0.29) is 24.0 Å². The van der Waals surface area contributed by atoms with Crippen LogP contribution in [0.3, 0.4) is 0 Å². The Hall–Kier alpha value is -0.610. The predicted octanol–water partition coefficient (Wildman–Crippen LogP) is 3.32. The van der Waals surface area contributed by atoms with E-state index in [1.807, 2.05) is 18.0 Å². The van der Waals surface area contributed by atoms with Crippen LogP contribution in [0.5, 0.6) is 0 Å². The first-order valence-corrected chi connectivity index (χ1v) is 7.40. The standard InChI is InChI=1S/C12H15BrN4OS.HI/c1-14-12(15-6-11-5-9(13)8-19-11)17(2)7-10-3-4-18-16-10;/h3-5,8H,6-7H2,1-2H3,(H,14,15);1H. The van der Waals surface area contributed by atoms with Crippen molar-refractivity contribution in [2.45, 2.75) is 13.1 Å². The number of thiophene rings is 1. The Labute approximate surface area is 147 Å². The fraction of sp³-hybridized carbons (Fsp3) is 0.333. The molecular weight excluding hydrogens is 455 g/mol. The molecule has 2 aromatic heterocycles. The molecule has 20 heavy (non-hydrogen) atoms. The van der Waals surface area contributed by atoms with E-state index in [2.05, 4.69) is 42.8 Å². The van der Waals surface area contributed by atoms with E-state index in [4.69, 9.17) is 4.52 Å². The van der Waals surface area contributed by atoms with Crippen molar-refractivity contribution in [3.63, 3.8) is 0 Å². The lowest BCUT2D eigenvalue weighted by atomic mass is 10.4. The van der Waals surface area contributed by atoms with Gasteiger partial charge in [0.25, 0.3) is 0 Å². The minimum atomic E-state index is 0. The Morgan fingerprint density at radius 2 is 2.40 bits per heavy atom. The van der Waals surface area contributed by atoms with Gasteiger partial charge in [-0.25, -0.2) is 0 Å². The maximum Gasteiger partial charge on any atom is 0.194 e. The molecule has 0 unspecified atom stereocenters. The fourth-order valence-corrected chi connectivity index (χ4v) is 3.03. The molecule has 0 fully saturated rings. The molecule has 0 aliphatic rings. The molecule has 0 atom stereocenters. The third-order valence-electron chi connectivity index (χ3n) is 2.51. The molecule has 0 spiro atoms. The lowest BCUT2D eigenvalue weighted by molar-refractivity contribution is 0.391. The van der Waals surface area contributed by atoms with Crippen molar-refractivity contribution >= 4 is 57.2 Å². The van der Waals surface area contributed by atoms with E-state index < -0.39 is 0 Å². The summed E-state index contributed by atoms with van der Waals surface area (Å²) in [7, 11) is 3.74. The van der Waals surface area contributed by atoms with Crippen LogP contribution in [0, 0.1) is 0 Å². The van der Waals surface area contributed by atoms with Gasteiger partial charge in [-0.2, -0.15) is 0 Å². The van der Waals surface area contributed by atoms with Gasteiger partial charge < -0.3 is 14.7 Å². The van der Waals surface area contributed by atoms with E-state index in [1.165, 1.54) is 4.88 Å². The summed E-state index contributed by atoms with van der Waals surface area (Å²) in [5.41, 5.74) is 0.879. The van der Waals surface area contributed by atoms with Gasteiger partial charge in [-0.3, -0.25) is 4.99 Å². The summed E-state index contributed by atoms with van der Waals surface area (Å²) in [5, 5.41) is 9.28. The minimum absolute atomic E-state index is 0. The van der Waals surface area contributed by atoms with Crippen molar-refractivity contribution in [3.05, 3.63) is 38.8 Å². The molecular formula is C12H16BrIN4OS. The van der Waals surface area contributed by atoms with Crippen LogP contribution in [0.15, 0.2) is 37.8 Å². The summed E-state index contributed by atoms with van der Waals surface area (Å²) in [4.78, 5) is 7.51. The molecule has 1 N–H and O–H groups in total. The third kappa shape index (κ3) is 5.06. The number of nitrogens with one attached hydrogen (secondary N) is 1. The van der Waals surface area contributed by atoms with E-state index in [9.17, 15) is 0 Å². The lowest BCUT2D eigenvalue weighted by Crippen LogP contribution is -2.37. The molecule has 0 aromatic carbocycles. The number of hydrogen-bond donors (Lipinski definition) is 1. The predicted molar refractivity (Wildman–Crippen MR) is 95.6 cm³/mol. The highest BCUT2D eigenvalue weighted by Gasteiger charge is 2.08. The number of hydrogen-bond acceptors (Lipinski definition) is 4. The summed E-state index contributed by atoms with van der Waals surface area (Å²) in [5.74, 6) is 0.826. The van der Waals surface area contributed by atoms with E-state index >= 15 is 0 Å². The highest BCUT2D eigenvalue weighted by molar-refractivity contribution is 14.0. The first kappa shape index (κ1) is 17.4. The number of guanidine groups is 1. The smallest absolute Gasteiger partial charge is 0.194 e. The summed E-state index contributed by atoms with van der Waals surface area (Å²) < 4.78 is 5.93. The van der Waals surface area contributed by atoms with Crippen molar-refractivity contribution in [2.24, 2.45) is 4.99 Å². The van der Waals surface area contributed by atoms with Gasteiger partial charge >= 0.3 is 0 Å². The molecule has 0 saturated heterocycles. The van der Waals surface area contributed by atoms with Gasteiger partial charge in [0.1, 0.15) is 12.0 Å². The van der Waals surface area contributed by atoms with Crippen LogP contribution in [-0.4, -0.2) is 30.1 Å². The highest BCUT2D eigenvalue weighted by Crippen LogP contribution is 2.19. The Bertz CT molecular complexity index is 543. The number of aromatic nitrogens is 1. The number of aliphatic imine (C=N–C) groups is 1. The number of rotatable bonds is 4. The normalized spacial score (nSPS) is 11.1. The van der Waals surface area contributed by atoms with Crippen LogP contribution >= 0.6 is 51.2 Å². The molecule has 110 valence electrons. The molecule has 0 aliphatic heterocycles. The van der Waals surface area contributed by atoms with Gasteiger partial charge in [0.15, 0.2) is 5.96 Å². The molecule has 0 saturated carbocycles. The average Bonchev–Trinajstić information content (AvgIpc) is 3.02. The van der Waals surface area contributed by atoms with Crippen molar-refractivity contribution in [3.8, 4) is 0 Å². The van der Waals surface area contributed by atoms with Crippen LogP contribution in [-0.2, 0) is 13.1 Å². The number of nitrogens with zero attached hydrogens (tertiary/aromatic N) is 3. The second-order valence-electron chi connectivity index (χ2n) is 3.98. The van der Waals surface area contributed by atoms with Crippen molar-refractivity contribution in [1.82, 2.24) is 15.4 Å². The molecule has 2 heterocycles. The van der Waals surface area contributed by atoms with Crippen LogP contribution in [0.4, 0.5) is 0 Å². The Balaban J connectivity index is 0.00000200. The van der Waals surface area contributed by atoms with Gasteiger partial charge in [-0.05, 0) is 22.0 Å². The van der Waals surface area contributed by atoms with Gasteiger partial charge in [-0.1, -0.05) is 5.16 Å². The molecule has 0 amide bonds. The fourth-order valence-electron chi connectivity index (χ4n) is 1.63. The molecule has 2 aromatic rings. The van der Waals surface area contributed by atoms with Crippen molar-refractivity contribution in [1.29, 1.82) is 0 Å². The largest absolute Gasteiger partial charge is 0.364 e. The van der Waals surface area contributed by atoms with E-state index in [1.54, 1.807) is 24.6 Å². The Morgan fingerprint density at radius 3 is 2.95 bits per heavy atom. The maximum absolute atomic E-state index is 4.82. The van der Waals surface area contributed by atoms with Crippen LogP contribution in [0.2, 0.25) is 0 Å². The summed E-state index contributed by atoms with van der Waals surface area (Å²) >= 11 is 5.16. The quantitative estimate of drug-likeness (QED) is 0.423. The van der Waals surface area contributed by atoms with Gasteiger partial charge in [-0.15, -0.1) is 35.3 Å². The monoisotopic (exact) mass is 470 g/mol. The van der Waals surface area contributed by atoms with E-state index in [0.717, 1.165) is 22.7 Å². The van der Waals surface area contributed by atoms with E-state index in [0.29, 0.717) is 6.54 Å². The Morgan fingerprint density at radius 1 is 1.60 bits per heavy atom. The van der Waals surface area contributed by atoms with Crippen molar-refractivity contribution < 1.29 is 4.52 Å². The first-order chi connectivity index (χ1) is 9.19. The lowest BCUT2D eigenvalue weighted by Gasteiger charge is -2.20. The summed E-state index contributed by atoms with van der Waals surface area (Å²) in [6.45, 7) is 1.41. The zero-order chi connectivity index (χ0) is 13.7. The maximum atomic E-state index is 4.82. The number of halogens is 2. The van der Waals surface area contributed by atoms with Crippen molar-refractivity contribution in [2.75, 3.05) is 14.1 Å². The molecule has 0 radical (unpaired) electrons.